The molecule has 2 aromatic rings. The molecule has 0 spiro atoms. The van der Waals surface area contributed by atoms with E-state index in [-0.39, 0.29) is 0 Å². The minimum absolute atomic E-state index is 0.523. The topological polar surface area (TPSA) is 25.4 Å². The van der Waals surface area contributed by atoms with Crippen LogP contribution in [-0.4, -0.2) is 17.7 Å². The summed E-state index contributed by atoms with van der Waals surface area (Å²) in [5, 5.41) is 1.23. The van der Waals surface area contributed by atoms with E-state index >= 15 is 0 Å². The quantitative estimate of drug-likeness (QED) is 0.710. The first kappa shape index (κ1) is 8.86. The second-order valence-corrected chi connectivity index (χ2v) is 4.02. The number of fused-ring (bicyclic) bond motifs is 1. The summed E-state index contributed by atoms with van der Waals surface area (Å²) in [6, 6.07) is 10.6. The van der Waals surface area contributed by atoms with Crippen LogP contribution in [0.1, 0.15) is 12.0 Å². The summed E-state index contributed by atoms with van der Waals surface area (Å²) in [6.45, 7) is 0.954. The Balaban J connectivity index is 1.84. The summed E-state index contributed by atoms with van der Waals surface area (Å²) in [6.07, 6.45) is 4.61. The Hall–Kier alpha value is -1.41. The Morgan fingerprint density at radius 2 is 2.27 bits per heavy atom. The van der Waals surface area contributed by atoms with E-state index in [0.717, 1.165) is 25.0 Å². The second-order valence-electron chi connectivity index (χ2n) is 4.02. The zero-order valence-electron chi connectivity index (χ0n) is 8.52. The number of hydrogen-bond acceptors (Lipinski definition) is 2. The van der Waals surface area contributed by atoms with Crippen molar-refractivity contribution in [3.63, 3.8) is 0 Å². The van der Waals surface area contributed by atoms with Gasteiger partial charge in [0.15, 0.2) is 0 Å². The number of rotatable bonds is 3. The van der Waals surface area contributed by atoms with E-state index in [0.29, 0.717) is 6.10 Å². The molecule has 0 amide bonds. The van der Waals surface area contributed by atoms with Crippen LogP contribution >= 0.6 is 0 Å². The third-order valence-electron chi connectivity index (χ3n) is 2.82. The molecule has 2 nitrogen and oxygen atoms in total. The summed E-state index contributed by atoms with van der Waals surface area (Å²) < 4.78 is 5.21. The first-order valence-electron chi connectivity index (χ1n) is 5.37. The van der Waals surface area contributed by atoms with Crippen molar-refractivity contribution < 1.29 is 4.74 Å². The van der Waals surface area contributed by atoms with Crippen molar-refractivity contribution in [2.75, 3.05) is 6.61 Å². The molecule has 1 aromatic heterocycles. The molecule has 1 atom stereocenters. The van der Waals surface area contributed by atoms with Gasteiger partial charge in [-0.2, -0.15) is 0 Å². The first-order chi connectivity index (χ1) is 7.42. The maximum absolute atomic E-state index is 5.21. The lowest BCUT2D eigenvalue weighted by Crippen LogP contribution is -1.91. The third-order valence-corrected chi connectivity index (χ3v) is 2.82. The van der Waals surface area contributed by atoms with E-state index in [1.807, 2.05) is 12.3 Å². The molecule has 76 valence electrons. The normalized spacial score (nSPS) is 19.3. The van der Waals surface area contributed by atoms with Gasteiger partial charge in [0.25, 0.3) is 0 Å². The fourth-order valence-corrected chi connectivity index (χ4v) is 1.84. The van der Waals surface area contributed by atoms with Crippen molar-refractivity contribution >= 4 is 10.9 Å². The first-order valence-corrected chi connectivity index (χ1v) is 5.37. The van der Waals surface area contributed by atoms with Gasteiger partial charge in [0.2, 0.25) is 0 Å². The van der Waals surface area contributed by atoms with E-state index in [4.69, 9.17) is 4.74 Å². The Morgan fingerprint density at radius 1 is 1.33 bits per heavy atom. The number of ether oxygens (including phenoxy) is 1. The Bertz CT molecular complexity index is 477. The van der Waals surface area contributed by atoms with Gasteiger partial charge in [-0.05, 0) is 36.6 Å². The Kier molecular flexibility index (Phi) is 2.14. The average molecular weight is 199 g/mol. The van der Waals surface area contributed by atoms with Crippen LogP contribution in [0, 0.1) is 0 Å². The second kappa shape index (κ2) is 3.63. The number of aryl methyl sites for hydroxylation is 1. The Morgan fingerprint density at radius 3 is 3.13 bits per heavy atom. The van der Waals surface area contributed by atoms with Gasteiger partial charge in [-0.3, -0.25) is 4.98 Å². The van der Waals surface area contributed by atoms with Crippen molar-refractivity contribution in [2.45, 2.75) is 18.9 Å². The lowest BCUT2D eigenvalue weighted by molar-refractivity contribution is 0.397. The number of pyridine rings is 1. The van der Waals surface area contributed by atoms with Gasteiger partial charge in [0, 0.05) is 11.6 Å². The highest BCUT2D eigenvalue weighted by molar-refractivity contribution is 5.78. The van der Waals surface area contributed by atoms with E-state index < -0.39 is 0 Å². The number of aromatic nitrogens is 1. The van der Waals surface area contributed by atoms with E-state index in [2.05, 4.69) is 29.2 Å². The molecule has 2 heterocycles. The zero-order chi connectivity index (χ0) is 10.1. The molecule has 3 rings (SSSR count). The van der Waals surface area contributed by atoms with Crippen molar-refractivity contribution in [1.82, 2.24) is 4.98 Å². The van der Waals surface area contributed by atoms with Crippen LogP contribution in [0.4, 0.5) is 0 Å². The summed E-state index contributed by atoms with van der Waals surface area (Å²) in [7, 11) is 0. The lowest BCUT2D eigenvalue weighted by atomic mass is 10.1. The highest BCUT2D eigenvalue weighted by atomic mass is 16.6. The van der Waals surface area contributed by atoms with Crippen LogP contribution in [0.3, 0.4) is 0 Å². The van der Waals surface area contributed by atoms with Crippen molar-refractivity contribution in [3.05, 3.63) is 42.1 Å². The largest absolute Gasteiger partial charge is 0.373 e. The van der Waals surface area contributed by atoms with Crippen molar-refractivity contribution in [3.8, 4) is 0 Å². The Labute approximate surface area is 88.9 Å². The number of nitrogens with zero attached hydrogens (tertiary/aromatic N) is 1. The molecule has 0 saturated carbocycles. The van der Waals surface area contributed by atoms with Crippen molar-refractivity contribution in [2.24, 2.45) is 0 Å². The maximum atomic E-state index is 5.21. The monoisotopic (exact) mass is 199 g/mol. The molecular formula is C13H13NO. The fourth-order valence-electron chi connectivity index (χ4n) is 1.84. The van der Waals surface area contributed by atoms with E-state index in [1.165, 1.54) is 10.9 Å². The van der Waals surface area contributed by atoms with Crippen LogP contribution in [0.25, 0.3) is 10.9 Å². The van der Waals surface area contributed by atoms with Gasteiger partial charge in [0.05, 0.1) is 18.2 Å². The van der Waals surface area contributed by atoms with E-state index in [1.54, 1.807) is 0 Å². The molecule has 0 radical (unpaired) electrons. The van der Waals surface area contributed by atoms with E-state index in [9.17, 15) is 0 Å². The highest BCUT2D eigenvalue weighted by Crippen LogP contribution is 2.19. The summed E-state index contributed by atoms with van der Waals surface area (Å²) in [5.74, 6) is 0. The predicted molar refractivity (Wildman–Crippen MR) is 59.8 cm³/mol. The van der Waals surface area contributed by atoms with Crippen molar-refractivity contribution in [1.29, 1.82) is 0 Å². The van der Waals surface area contributed by atoms with Gasteiger partial charge in [-0.15, -0.1) is 0 Å². The van der Waals surface area contributed by atoms with Crippen LogP contribution in [0.15, 0.2) is 36.5 Å². The van der Waals surface area contributed by atoms with Gasteiger partial charge in [-0.25, -0.2) is 0 Å². The third kappa shape index (κ3) is 2.00. The molecule has 1 unspecified atom stereocenters. The molecule has 0 bridgehead atoms. The summed E-state index contributed by atoms with van der Waals surface area (Å²) >= 11 is 0. The molecule has 1 aliphatic rings. The van der Waals surface area contributed by atoms with Gasteiger partial charge >= 0.3 is 0 Å². The molecule has 1 aliphatic heterocycles. The highest BCUT2D eigenvalue weighted by Gasteiger charge is 2.21. The number of benzene rings is 1. The van der Waals surface area contributed by atoms with Gasteiger partial charge in [0.1, 0.15) is 0 Å². The minimum atomic E-state index is 0.523. The van der Waals surface area contributed by atoms with Crippen LogP contribution in [0.5, 0.6) is 0 Å². The molecular weight excluding hydrogens is 186 g/mol. The van der Waals surface area contributed by atoms with Crippen LogP contribution in [0.2, 0.25) is 0 Å². The average Bonchev–Trinajstić information content (AvgIpc) is 3.10. The standard InChI is InChI=1S/C13H13NO/c1-2-11-8-10(3-5-12-9-15-12)4-6-13(11)14-7-1/h1-2,4,6-8,12H,3,5,9H2. The number of hydrogen-bond donors (Lipinski definition) is 0. The summed E-state index contributed by atoms with van der Waals surface area (Å²) in [5.41, 5.74) is 2.45. The molecule has 15 heavy (non-hydrogen) atoms. The predicted octanol–water partition coefficient (Wildman–Crippen LogP) is 2.57. The molecule has 1 saturated heterocycles. The molecule has 1 aromatic carbocycles. The van der Waals surface area contributed by atoms with Gasteiger partial charge < -0.3 is 4.74 Å². The molecule has 2 heteroatoms. The van der Waals surface area contributed by atoms with Crippen LogP contribution in [-0.2, 0) is 11.2 Å². The fraction of sp³-hybridized carbons (Fsp3) is 0.308. The SMILES string of the molecule is c1cnc2ccc(CCC3CO3)cc2c1. The molecule has 0 aliphatic carbocycles. The lowest BCUT2D eigenvalue weighted by Gasteiger charge is -2.01. The maximum Gasteiger partial charge on any atom is 0.0813 e. The minimum Gasteiger partial charge on any atom is -0.373 e. The van der Waals surface area contributed by atoms with Crippen LogP contribution < -0.4 is 0 Å². The molecule has 0 N–H and O–H groups in total. The molecule has 1 fully saturated rings. The smallest absolute Gasteiger partial charge is 0.0813 e. The zero-order valence-corrected chi connectivity index (χ0v) is 8.52. The van der Waals surface area contributed by atoms with Gasteiger partial charge in [-0.1, -0.05) is 12.1 Å². The summed E-state index contributed by atoms with van der Waals surface area (Å²) in [4.78, 5) is 4.31. The number of epoxide rings is 1.